The molecule has 2 N–H and O–H groups in total. The van der Waals surface area contributed by atoms with E-state index in [4.69, 9.17) is 5.73 Å². The molecule has 0 aliphatic carbocycles. The zero-order valence-electron chi connectivity index (χ0n) is 11.9. The number of rotatable bonds is 5. The van der Waals surface area contributed by atoms with Crippen molar-refractivity contribution in [3.63, 3.8) is 0 Å². The number of nitrogens with two attached hydrogens (primary N) is 1. The van der Waals surface area contributed by atoms with Gasteiger partial charge in [-0.1, -0.05) is 30.3 Å². The van der Waals surface area contributed by atoms with Gasteiger partial charge in [-0.05, 0) is 5.56 Å². The second-order valence-electron chi connectivity index (χ2n) is 4.93. The molecule has 0 bridgehead atoms. The summed E-state index contributed by atoms with van der Waals surface area (Å²) < 4.78 is 1.90. The van der Waals surface area contributed by atoms with E-state index in [9.17, 15) is 4.79 Å². The number of hydrogen-bond acceptors (Lipinski definition) is 3. The summed E-state index contributed by atoms with van der Waals surface area (Å²) in [5.41, 5.74) is 7.05. The highest BCUT2D eigenvalue weighted by Crippen LogP contribution is 2.14. The monoisotopic (exact) mass is 272 g/mol. The van der Waals surface area contributed by atoms with Crippen LogP contribution in [-0.2, 0) is 18.4 Å². The van der Waals surface area contributed by atoms with E-state index in [1.165, 1.54) is 0 Å². The molecular formula is C15H20N4O. The molecule has 0 aliphatic heterocycles. The summed E-state index contributed by atoms with van der Waals surface area (Å²) in [5.74, 6) is 0.874. The maximum absolute atomic E-state index is 12.2. The normalized spacial score (nSPS) is 12.2. The molecule has 0 aliphatic rings. The van der Waals surface area contributed by atoms with Crippen LogP contribution >= 0.6 is 0 Å². The third kappa shape index (κ3) is 3.45. The Bertz CT molecular complexity index is 564. The van der Waals surface area contributed by atoms with Gasteiger partial charge in [0.25, 0.3) is 0 Å². The summed E-state index contributed by atoms with van der Waals surface area (Å²) in [6.07, 6.45) is 3.89. The number of imidazole rings is 1. The Labute approximate surface area is 119 Å². The zero-order valence-corrected chi connectivity index (χ0v) is 11.9. The molecule has 106 valence electrons. The van der Waals surface area contributed by atoms with Crippen LogP contribution < -0.4 is 5.73 Å². The van der Waals surface area contributed by atoms with Gasteiger partial charge in [-0.25, -0.2) is 4.98 Å². The fourth-order valence-corrected chi connectivity index (χ4v) is 2.01. The highest BCUT2D eigenvalue weighted by Gasteiger charge is 2.16. The number of benzene rings is 1. The summed E-state index contributed by atoms with van der Waals surface area (Å²) >= 11 is 0. The minimum Gasteiger partial charge on any atom is -0.338 e. The quantitative estimate of drug-likeness (QED) is 0.896. The van der Waals surface area contributed by atoms with Gasteiger partial charge < -0.3 is 15.2 Å². The van der Waals surface area contributed by atoms with Crippen molar-refractivity contribution in [3.8, 4) is 0 Å². The lowest BCUT2D eigenvalue weighted by molar-refractivity contribution is -0.130. The molecule has 1 atom stereocenters. The number of nitrogens with zero attached hydrogens (tertiary/aromatic N) is 3. The first-order chi connectivity index (χ1) is 9.58. The van der Waals surface area contributed by atoms with Crippen LogP contribution in [0.15, 0.2) is 42.7 Å². The van der Waals surface area contributed by atoms with E-state index >= 15 is 0 Å². The number of aryl methyl sites for hydroxylation is 1. The molecule has 0 saturated carbocycles. The zero-order chi connectivity index (χ0) is 14.5. The second-order valence-corrected chi connectivity index (χ2v) is 4.93. The van der Waals surface area contributed by atoms with Gasteiger partial charge in [-0.15, -0.1) is 0 Å². The van der Waals surface area contributed by atoms with Gasteiger partial charge in [0.2, 0.25) is 5.91 Å². The van der Waals surface area contributed by atoms with E-state index in [1.54, 1.807) is 18.1 Å². The van der Waals surface area contributed by atoms with Crippen molar-refractivity contribution < 1.29 is 4.79 Å². The van der Waals surface area contributed by atoms with Crippen LogP contribution in [0.25, 0.3) is 0 Å². The standard InChI is InChI=1S/C15H20N4O/c1-18-9-8-17-14(18)11-19(2)15(20)10-13(16)12-6-4-3-5-7-12/h3-9,13H,10-11,16H2,1-2H3. The number of carbonyl (C=O) groups excluding carboxylic acids is 1. The molecule has 1 aromatic heterocycles. The van der Waals surface area contributed by atoms with Crippen LogP contribution in [0, 0.1) is 0 Å². The average Bonchev–Trinajstić information content (AvgIpc) is 2.85. The number of hydrogen-bond donors (Lipinski definition) is 1. The van der Waals surface area contributed by atoms with Crippen molar-refractivity contribution >= 4 is 5.91 Å². The molecule has 5 nitrogen and oxygen atoms in total. The Morgan fingerprint density at radius 2 is 2.10 bits per heavy atom. The lowest BCUT2D eigenvalue weighted by Gasteiger charge is -2.19. The molecule has 2 rings (SSSR count). The largest absolute Gasteiger partial charge is 0.338 e. The van der Waals surface area contributed by atoms with Gasteiger partial charge >= 0.3 is 0 Å². The minimum atomic E-state index is -0.271. The van der Waals surface area contributed by atoms with E-state index in [-0.39, 0.29) is 11.9 Å². The molecular weight excluding hydrogens is 252 g/mol. The van der Waals surface area contributed by atoms with E-state index in [0.717, 1.165) is 11.4 Å². The Kier molecular flexibility index (Phi) is 4.53. The molecule has 20 heavy (non-hydrogen) atoms. The van der Waals surface area contributed by atoms with Gasteiger partial charge in [0.15, 0.2) is 0 Å². The maximum Gasteiger partial charge on any atom is 0.224 e. The van der Waals surface area contributed by atoms with Gasteiger partial charge in [0.1, 0.15) is 5.82 Å². The third-order valence-electron chi connectivity index (χ3n) is 3.35. The first-order valence-corrected chi connectivity index (χ1v) is 6.58. The molecule has 2 aromatic rings. The fourth-order valence-electron chi connectivity index (χ4n) is 2.01. The SMILES string of the molecule is CN(Cc1nccn1C)C(=O)CC(N)c1ccccc1. The van der Waals surface area contributed by atoms with Gasteiger partial charge in [0, 0.05) is 39.0 Å². The topological polar surface area (TPSA) is 64.2 Å². The molecule has 0 spiro atoms. The third-order valence-corrected chi connectivity index (χ3v) is 3.35. The van der Waals surface area contributed by atoms with Crippen LogP contribution in [-0.4, -0.2) is 27.4 Å². The maximum atomic E-state index is 12.2. The van der Waals surface area contributed by atoms with Gasteiger partial charge in [-0.3, -0.25) is 4.79 Å². The van der Waals surface area contributed by atoms with Crippen LogP contribution in [0.3, 0.4) is 0 Å². The fraction of sp³-hybridized carbons (Fsp3) is 0.333. The first-order valence-electron chi connectivity index (χ1n) is 6.58. The van der Waals surface area contributed by atoms with Crippen LogP contribution in [0.5, 0.6) is 0 Å². The summed E-state index contributed by atoms with van der Waals surface area (Å²) in [5, 5.41) is 0. The lowest BCUT2D eigenvalue weighted by Crippen LogP contribution is -2.30. The van der Waals surface area contributed by atoms with Gasteiger partial charge in [-0.2, -0.15) is 0 Å². The number of carbonyl (C=O) groups is 1. The summed E-state index contributed by atoms with van der Waals surface area (Å²) in [6.45, 7) is 0.490. The first kappa shape index (κ1) is 14.3. The Morgan fingerprint density at radius 3 is 2.70 bits per heavy atom. The van der Waals surface area contributed by atoms with Crippen molar-refractivity contribution in [1.29, 1.82) is 0 Å². The summed E-state index contributed by atoms with van der Waals surface area (Å²) in [4.78, 5) is 18.0. The minimum absolute atomic E-state index is 0.0179. The highest BCUT2D eigenvalue weighted by molar-refractivity contribution is 5.76. The molecule has 0 radical (unpaired) electrons. The van der Waals surface area contributed by atoms with Crippen molar-refractivity contribution in [2.45, 2.75) is 19.0 Å². The molecule has 0 saturated heterocycles. The molecule has 0 fully saturated rings. The number of amides is 1. The molecule has 1 unspecified atom stereocenters. The Balaban J connectivity index is 1.93. The van der Waals surface area contributed by atoms with E-state index in [1.807, 2.05) is 48.1 Å². The molecule has 5 heteroatoms. The predicted molar refractivity (Wildman–Crippen MR) is 77.7 cm³/mol. The van der Waals surface area contributed by atoms with Crippen LogP contribution in [0.2, 0.25) is 0 Å². The predicted octanol–water partition coefficient (Wildman–Crippen LogP) is 1.47. The van der Waals surface area contributed by atoms with Crippen molar-refractivity contribution in [1.82, 2.24) is 14.5 Å². The van der Waals surface area contributed by atoms with E-state index < -0.39 is 0 Å². The summed E-state index contributed by atoms with van der Waals surface area (Å²) in [7, 11) is 3.69. The lowest BCUT2D eigenvalue weighted by atomic mass is 10.0. The van der Waals surface area contributed by atoms with Crippen molar-refractivity contribution in [2.24, 2.45) is 12.8 Å². The Morgan fingerprint density at radius 1 is 1.40 bits per heavy atom. The second kappa shape index (κ2) is 6.34. The smallest absolute Gasteiger partial charge is 0.224 e. The van der Waals surface area contributed by atoms with E-state index in [2.05, 4.69) is 4.98 Å². The molecule has 1 amide bonds. The van der Waals surface area contributed by atoms with Crippen LogP contribution in [0.1, 0.15) is 23.9 Å². The Hall–Kier alpha value is -2.14. The number of aromatic nitrogens is 2. The van der Waals surface area contributed by atoms with Gasteiger partial charge in [0.05, 0.1) is 6.54 Å². The summed E-state index contributed by atoms with van der Waals surface area (Å²) in [6, 6.07) is 9.40. The highest BCUT2D eigenvalue weighted by atomic mass is 16.2. The molecule has 1 heterocycles. The average molecular weight is 272 g/mol. The van der Waals surface area contributed by atoms with Crippen molar-refractivity contribution in [3.05, 3.63) is 54.1 Å². The van der Waals surface area contributed by atoms with Crippen LogP contribution in [0.4, 0.5) is 0 Å². The van der Waals surface area contributed by atoms with E-state index in [0.29, 0.717) is 13.0 Å². The van der Waals surface area contributed by atoms with Crippen molar-refractivity contribution in [2.75, 3.05) is 7.05 Å². The molecule has 1 aromatic carbocycles.